The molecule has 90 valence electrons. The third kappa shape index (κ3) is 2.95. The van der Waals surface area contributed by atoms with Crippen LogP contribution >= 0.6 is 11.3 Å². The monoisotopic (exact) mass is 248 g/mol. The zero-order valence-corrected chi connectivity index (χ0v) is 10.8. The number of hydrazine groups is 1. The summed E-state index contributed by atoms with van der Waals surface area (Å²) >= 11 is 1.81. The number of thiophene rings is 1. The number of rotatable bonds is 4. The summed E-state index contributed by atoms with van der Waals surface area (Å²) in [7, 11) is 0. The summed E-state index contributed by atoms with van der Waals surface area (Å²) in [6.45, 7) is 5.06. The summed E-state index contributed by atoms with van der Waals surface area (Å²) in [5.41, 5.74) is 3.87. The normalized spacial score (nSPS) is 10.3. The summed E-state index contributed by atoms with van der Waals surface area (Å²) in [5, 5.41) is 3.28. The fourth-order valence-corrected chi connectivity index (χ4v) is 2.52. The first kappa shape index (κ1) is 11.9. The maximum atomic E-state index is 5.31. The van der Waals surface area contributed by atoms with Crippen LogP contribution in [0.15, 0.2) is 24.3 Å². The number of aryl methyl sites for hydroxylation is 2. The molecule has 4 nitrogen and oxygen atoms in total. The Balaban J connectivity index is 2.01. The first-order valence-corrected chi connectivity index (χ1v) is 6.24. The standard InChI is InChI=1S/C12H16N4S/c1-8-6-10(17-9(8)2)7-14-11-4-3-5-12(15-11)16-13/h3-6H,7,13H2,1-2H3,(H2,14,15,16). The highest BCUT2D eigenvalue weighted by molar-refractivity contribution is 7.12. The minimum absolute atomic E-state index is 0.661. The molecule has 17 heavy (non-hydrogen) atoms. The lowest BCUT2D eigenvalue weighted by Crippen LogP contribution is -2.09. The molecule has 2 rings (SSSR count). The summed E-state index contributed by atoms with van der Waals surface area (Å²) < 4.78 is 0. The van der Waals surface area contributed by atoms with E-state index >= 15 is 0 Å². The topological polar surface area (TPSA) is 63.0 Å². The van der Waals surface area contributed by atoms with Crippen molar-refractivity contribution in [2.24, 2.45) is 5.84 Å². The van der Waals surface area contributed by atoms with Gasteiger partial charge in [0.05, 0.1) is 6.54 Å². The first-order chi connectivity index (χ1) is 8.19. The third-order valence-corrected chi connectivity index (χ3v) is 3.71. The van der Waals surface area contributed by atoms with E-state index in [0.29, 0.717) is 5.82 Å². The van der Waals surface area contributed by atoms with Crippen molar-refractivity contribution in [2.75, 3.05) is 10.7 Å². The Bertz CT molecular complexity index is 487. The highest BCUT2D eigenvalue weighted by atomic mass is 32.1. The van der Waals surface area contributed by atoms with Crippen LogP contribution in [0.2, 0.25) is 0 Å². The van der Waals surface area contributed by atoms with Gasteiger partial charge >= 0.3 is 0 Å². The van der Waals surface area contributed by atoms with Gasteiger partial charge in [-0.1, -0.05) is 6.07 Å². The number of nitrogens with zero attached hydrogens (tertiary/aromatic N) is 1. The van der Waals surface area contributed by atoms with Crippen molar-refractivity contribution < 1.29 is 0 Å². The highest BCUT2D eigenvalue weighted by Crippen LogP contribution is 2.21. The molecule has 0 aliphatic heterocycles. The fourth-order valence-electron chi connectivity index (χ4n) is 1.53. The number of pyridine rings is 1. The average molecular weight is 248 g/mol. The molecule has 0 bridgehead atoms. The zero-order chi connectivity index (χ0) is 12.3. The van der Waals surface area contributed by atoms with Crippen molar-refractivity contribution in [2.45, 2.75) is 20.4 Å². The molecule has 0 atom stereocenters. The molecular weight excluding hydrogens is 232 g/mol. The second-order valence-corrected chi connectivity index (χ2v) is 5.20. The molecule has 2 aromatic heterocycles. The fraction of sp³-hybridized carbons (Fsp3) is 0.250. The van der Waals surface area contributed by atoms with Crippen LogP contribution in [0.5, 0.6) is 0 Å². The molecule has 0 saturated heterocycles. The van der Waals surface area contributed by atoms with E-state index in [0.717, 1.165) is 12.4 Å². The molecule has 0 radical (unpaired) electrons. The number of anilines is 2. The van der Waals surface area contributed by atoms with E-state index in [9.17, 15) is 0 Å². The van der Waals surface area contributed by atoms with E-state index in [1.165, 1.54) is 15.3 Å². The van der Waals surface area contributed by atoms with Gasteiger partial charge in [0, 0.05) is 9.75 Å². The number of aromatic nitrogens is 1. The van der Waals surface area contributed by atoms with Gasteiger partial charge in [-0.25, -0.2) is 10.8 Å². The summed E-state index contributed by atoms with van der Waals surface area (Å²) in [4.78, 5) is 6.97. The smallest absolute Gasteiger partial charge is 0.142 e. The van der Waals surface area contributed by atoms with Crippen molar-refractivity contribution in [3.63, 3.8) is 0 Å². The van der Waals surface area contributed by atoms with Gasteiger partial charge in [0.15, 0.2) is 0 Å². The van der Waals surface area contributed by atoms with Gasteiger partial charge in [0.1, 0.15) is 11.6 Å². The molecule has 2 heterocycles. The van der Waals surface area contributed by atoms with Crippen LogP contribution < -0.4 is 16.6 Å². The molecule has 0 unspecified atom stereocenters. The minimum Gasteiger partial charge on any atom is -0.365 e. The number of nitrogens with one attached hydrogen (secondary N) is 2. The second kappa shape index (κ2) is 5.16. The van der Waals surface area contributed by atoms with Gasteiger partial charge in [-0.15, -0.1) is 11.3 Å². The highest BCUT2D eigenvalue weighted by Gasteiger charge is 2.02. The lowest BCUT2D eigenvalue weighted by molar-refractivity contribution is 1.13. The van der Waals surface area contributed by atoms with Crippen molar-refractivity contribution in [3.05, 3.63) is 39.6 Å². The average Bonchev–Trinajstić information content (AvgIpc) is 2.67. The largest absolute Gasteiger partial charge is 0.365 e. The molecule has 0 aliphatic carbocycles. The number of nitrogens with two attached hydrogens (primary N) is 1. The Kier molecular flexibility index (Phi) is 3.61. The van der Waals surface area contributed by atoms with Crippen molar-refractivity contribution in [3.8, 4) is 0 Å². The Hall–Kier alpha value is -1.59. The number of nitrogen functional groups attached to an aromatic ring is 1. The van der Waals surface area contributed by atoms with Crippen molar-refractivity contribution in [1.29, 1.82) is 0 Å². The molecule has 4 N–H and O–H groups in total. The molecule has 2 aromatic rings. The Morgan fingerprint density at radius 1 is 1.29 bits per heavy atom. The van der Waals surface area contributed by atoms with Crippen molar-refractivity contribution in [1.82, 2.24) is 4.98 Å². The molecular formula is C12H16N4S. The molecule has 0 fully saturated rings. The zero-order valence-electron chi connectivity index (χ0n) is 9.95. The van der Waals surface area contributed by atoms with Crippen LogP contribution in [0.1, 0.15) is 15.3 Å². The van der Waals surface area contributed by atoms with E-state index < -0.39 is 0 Å². The summed E-state index contributed by atoms with van der Waals surface area (Å²) in [6.07, 6.45) is 0. The molecule has 5 heteroatoms. The van der Waals surface area contributed by atoms with Crippen LogP contribution in [0, 0.1) is 13.8 Å². The van der Waals surface area contributed by atoms with Crippen LogP contribution in [-0.4, -0.2) is 4.98 Å². The molecule has 0 amide bonds. The van der Waals surface area contributed by atoms with Crippen LogP contribution in [0.25, 0.3) is 0 Å². The third-order valence-electron chi connectivity index (χ3n) is 2.56. The lowest BCUT2D eigenvalue weighted by Gasteiger charge is -2.05. The van der Waals surface area contributed by atoms with Crippen LogP contribution in [0.3, 0.4) is 0 Å². The van der Waals surface area contributed by atoms with Crippen LogP contribution in [-0.2, 0) is 6.54 Å². The quantitative estimate of drug-likeness (QED) is 0.575. The van der Waals surface area contributed by atoms with Gasteiger partial charge < -0.3 is 10.7 Å². The van der Waals surface area contributed by atoms with E-state index in [-0.39, 0.29) is 0 Å². The minimum atomic E-state index is 0.661. The van der Waals surface area contributed by atoms with Crippen molar-refractivity contribution >= 4 is 23.0 Å². The molecule has 0 spiro atoms. The Morgan fingerprint density at radius 3 is 2.71 bits per heavy atom. The maximum Gasteiger partial charge on any atom is 0.142 e. The predicted molar refractivity (Wildman–Crippen MR) is 73.2 cm³/mol. The van der Waals surface area contributed by atoms with E-state index in [2.05, 4.69) is 35.6 Å². The van der Waals surface area contributed by atoms with Gasteiger partial charge in [-0.3, -0.25) is 0 Å². The molecule has 0 saturated carbocycles. The van der Waals surface area contributed by atoms with E-state index in [1.54, 1.807) is 0 Å². The maximum absolute atomic E-state index is 5.31. The molecule has 0 aliphatic rings. The Labute approximate surface area is 105 Å². The molecule has 0 aromatic carbocycles. The van der Waals surface area contributed by atoms with E-state index in [1.807, 2.05) is 29.5 Å². The van der Waals surface area contributed by atoms with E-state index in [4.69, 9.17) is 5.84 Å². The second-order valence-electron chi connectivity index (χ2n) is 3.86. The SMILES string of the molecule is Cc1cc(CNc2cccc(NN)n2)sc1C. The van der Waals surface area contributed by atoms with Gasteiger partial charge in [-0.2, -0.15) is 0 Å². The lowest BCUT2D eigenvalue weighted by atomic mass is 10.3. The first-order valence-electron chi connectivity index (χ1n) is 5.42. The predicted octanol–water partition coefficient (Wildman–Crippen LogP) is 2.66. The van der Waals surface area contributed by atoms with Gasteiger partial charge in [0.2, 0.25) is 0 Å². The summed E-state index contributed by atoms with van der Waals surface area (Å²) in [6, 6.07) is 7.87. The number of hydrogen-bond acceptors (Lipinski definition) is 5. The number of hydrogen-bond donors (Lipinski definition) is 3. The van der Waals surface area contributed by atoms with Gasteiger partial charge in [0.25, 0.3) is 0 Å². The Morgan fingerprint density at radius 2 is 2.06 bits per heavy atom. The van der Waals surface area contributed by atoms with Gasteiger partial charge in [-0.05, 0) is 37.6 Å². The van der Waals surface area contributed by atoms with Crippen LogP contribution in [0.4, 0.5) is 11.6 Å². The summed E-state index contributed by atoms with van der Waals surface area (Å²) in [5.74, 6) is 6.79.